The first-order valence-electron chi connectivity index (χ1n) is 10.9. The zero-order valence-corrected chi connectivity index (χ0v) is 25.1. The fourth-order valence-corrected chi connectivity index (χ4v) is 3.29. The molecular weight excluding hydrogens is 484 g/mol. The first-order chi connectivity index (χ1) is 13.1. The molecule has 0 rings (SSSR count). The first-order valence-corrected chi connectivity index (χ1v) is 12.5. The van der Waals surface area contributed by atoms with Gasteiger partial charge in [0.25, 0.3) is 0 Å². The SMILES string of the molecule is CC(C)O.CC(C)O.CC(C)O.CCC(C)O[Si](O)(OC(C)CC)OC(C)CC.[Zr]. The van der Waals surface area contributed by atoms with E-state index >= 15 is 0 Å². The van der Waals surface area contributed by atoms with E-state index in [2.05, 4.69) is 0 Å². The molecule has 0 saturated carbocycles. The summed E-state index contributed by atoms with van der Waals surface area (Å²) in [6, 6.07) is 0. The van der Waals surface area contributed by atoms with Crippen molar-refractivity contribution in [3.8, 4) is 0 Å². The molecule has 4 N–H and O–H groups in total. The molecule has 0 spiro atoms. The van der Waals surface area contributed by atoms with Crippen LogP contribution < -0.4 is 0 Å². The van der Waals surface area contributed by atoms with E-state index in [4.69, 9.17) is 28.6 Å². The molecular formula is C21H52O7SiZr. The molecule has 30 heavy (non-hydrogen) atoms. The molecule has 0 fully saturated rings. The van der Waals surface area contributed by atoms with Crippen molar-refractivity contribution in [3.05, 3.63) is 0 Å². The Morgan fingerprint density at radius 3 is 0.767 bits per heavy atom. The Labute approximate surface area is 207 Å². The minimum Gasteiger partial charge on any atom is -0.394 e. The van der Waals surface area contributed by atoms with Crippen molar-refractivity contribution in [2.75, 3.05) is 0 Å². The number of aliphatic hydroxyl groups is 3. The maximum absolute atomic E-state index is 10.4. The second kappa shape index (κ2) is 26.1. The van der Waals surface area contributed by atoms with Crippen LogP contribution in [0, 0.1) is 0 Å². The van der Waals surface area contributed by atoms with Crippen LogP contribution in [0.3, 0.4) is 0 Å². The normalized spacial score (nSPS) is 15.3. The zero-order chi connectivity index (χ0) is 24.2. The van der Waals surface area contributed by atoms with E-state index in [-0.39, 0.29) is 62.8 Å². The summed E-state index contributed by atoms with van der Waals surface area (Å²) in [6.45, 7) is 22.1. The zero-order valence-electron chi connectivity index (χ0n) is 21.6. The van der Waals surface area contributed by atoms with E-state index in [0.29, 0.717) is 0 Å². The maximum Gasteiger partial charge on any atom is 0.677 e. The fraction of sp³-hybridized carbons (Fsp3) is 1.00. The van der Waals surface area contributed by atoms with E-state index in [0.717, 1.165) is 19.3 Å². The van der Waals surface area contributed by atoms with Gasteiger partial charge in [0.1, 0.15) is 0 Å². The second-order valence-corrected chi connectivity index (χ2v) is 9.57. The van der Waals surface area contributed by atoms with Gasteiger partial charge in [0.15, 0.2) is 0 Å². The Hall–Kier alpha value is 0.820. The number of hydrogen-bond donors (Lipinski definition) is 4. The summed E-state index contributed by atoms with van der Waals surface area (Å²) in [5.41, 5.74) is 0. The summed E-state index contributed by atoms with van der Waals surface area (Å²) < 4.78 is 16.7. The van der Waals surface area contributed by atoms with E-state index in [9.17, 15) is 4.80 Å². The van der Waals surface area contributed by atoms with Gasteiger partial charge in [-0.1, -0.05) is 20.8 Å². The molecule has 0 radical (unpaired) electrons. The maximum atomic E-state index is 10.4. The minimum atomic E-state index is -3.50. The molecule has 0 aromatic rings. The topological polar surface area (TPSA) is 109 Å². The van der Waals surface area contributed by atoms with Crippen LogP contribution in [-0.4, -0.2) is 65.8 Å². The molecule has 0 amide bonds. The smallest absolute Gasteiger partial charge is 0.394 e. The van der Waals surface area contributed by atoms with Crippen LogP contribution in [0.1, 0.15) is 102 Å². The second-order valence-electron chi connectivity index (χ2n) is 7.82. The van der Waals surface area contributed by atoms with E-state index < -0.39 is 9.05 Å². The average Bonchev–Trinajstić information content (AvgIpc) is 2.52. The quantitative estimate of drug-likeness (QED) is 0.330. The van der Waals surface area contributed by atoms with Crippen LogP contribution in [-0.2, 0) is 39.5 Å². The van der Waals surface area contributed by atoms with Crippen LogP contribution in [0.25, 0.3) is 0 Å². The van der Waals surface area contributed by atoms with Crippen molar-refractivity contribution < 1.29 is 59.6 Å². The largest absolute Gasteiger partial charge is 0.677 e. The molecule has 0 aromatic carbocycles. The molecule has 0 aliphatic heterocycles. The van der Waals surface area contributed by atoms with Crippen molar-refractivity contribution in [3.63, 3.8) is 0 Å². The molecule has 7 nitrogen and oxygen atoms in total. The monoisotopic (exact) mass is 534 g/mol. The van der Waals surface area contributed by atoms with Gasteiger partial charge in [-0.25, -0.2) is 0 Å². The molecule has 186 valence electrons. The third-order valence-corrected chi connectivity index (χ3v) is 4.88. The molecule has 9 heteroatoms. The number of hydrogen-bond acceptors (Lipinski definition) is 7. The van der Waals surface area contributed by atoms with Gasteiger partial charge in [-0.05, 0) is 81.6 Å². The van der Waals surface area contributed by atoms with Crippen LogP contribution in [0.2, 0.25) is 0 Å². The van der Waals surface area contributed by atoms with E-state index in [1.807, 2.05) is 41.5 Å². The molecule has 0 heterocycles. The van der Waals surface area contributed by atoms with Gasteiger partial charge < -0.3 is 33.4 Å². The molecule has 3 atom stereocenters. The van der Waals surface area contributed by atoms with Gasteiger partial charge in [0.05, 0.1) is 0 Å². The Balaban J connectivity index is -0.000000131. The molecule has 3 unspecified atom stereocenters. The van der Waals surface area contributed by atoms with Crippen molar-refractivity contribution in [1.82, 2.24) is 0 Å². The summed E-state index contributed by atoms with van der Waals surface area (Å²) in [4.78, 5) is 10.4. The van der Waals surface area contributed by atoms with Gasteiger partial charge in [0, 0.05) is 62.8 Å². The van der Waals surface area contributed by atoms with Gasteiger partial charge >= 0.3 is 9.05 Å². The first kappa shape index (κ1) is 41.1. The standard InChI is InChI=1S/C12H28O4Si.3C3H8O.Zr/c1-7-10(4)14-17(13,15-11(5)8-2)16-12(6)9-3;3*1-3(2)4;/h10-13H,7-9H2,1-6H3;3*3-4H,1-2H3;. The molecule has 0 aromatic heterocycles. The van der Waals surface area contributed by atoms with Gasteiger partial charge in [0.2, 0.25) is 0 Å². The Morgan fingerprint density at radius 1 is 0.533 bits per heavy atom. The average molecular weight is 536 g/mol. The predicted octanol–water partition coefficient (Wildman–Crippen LogP) is 4.02. The van der Waals surface area contributed by atoms with Crippen molar-refractivity contribution in [2.24, 2.45) is 0 Å². The van der Waals surface area contributed by atoms with Crippen LogP contribution in [0.5, 0.6) is 0 Å². The molecule has 0 aliphatic carbocycles. The van der Waals surface area contributed by atoms with Crippen LogP contribution >= 0.6 is 0 Å². The fourth-order valence-electron chi connectivity index (χ4n) is 1.10. The van der Waals surface area contributed by atoms with Crippen LogP contribution in [0.4, 0.5) is 0 Å². The van der Waals surface area contributed by atoms with Crippen molar-refractivity contribution in [2.45, 2.75) is 139 Å². The molecule has 0 bridgehead atoms. The summed E-state index contributed by atoms with van der Waals surface area (Å²) in [5, 5.41) is 24.2. The van der Waals surface area contributed by atoms with Gasteiger partial charge in [-0.3, -0.25) is 0 Å². The van der Waals surface area contributed by atoms with Crippen LogP contribution in [0.15, 0.2) is 0 Å². The Kier molecular flexibility index (Phi) is 35.7. The van der Waals surface area contributed by atoms with Crippen molar-refractivity contribution in [1.29, 1.82) is 0 Å². The summed E-state index contributed by atoms with van der Waals surface area (Å²) in [5.74, 6) is 0. The predicted molar refractivity (Wildman–Crippen MR) is 123 cm³/mol. The van der Waals surface area contributed by atoms with Gasteiger partial charge in [-0.15, -0.1) is 0 Å². The van der Waals surface area contributed by atoms with Gasteiger partial charge in [-0.2, -0.15) is 0 Å². The molecule has 0 saturated heterocycles. The van der Waals surface area contributed by atoms with Crippen molar-refractivity contribution >= 4 is 9.05 Å². The summed E-state index contributed by atoms with van der Waals surface area (Å²) >= 11 is 0. The summed E-state index contributed by atoms with van der Waals surface area (Å²) in [7, 11) is -3.50. The third-order valence-electron chi connectivity index (χ3n) is 2.78. The van der Waals surface area contributed by atoms with E-state index in [1.165, 1.54) is 0 Å². The minimum absolute atomic E-state index is 0. The number of aliphatic hydroxyl groups excluding tert-OH is 3. The Bertz CT molecular complexity index is 268. The Morgan fingerprint density at radius 2 is 0.667 bits per heavy atom. The van der Waals surface area contributed by atoms with E-state index in [1.54, 1.807) is 41.5 Å². The summed E-state index contributed by atoms with van der Waals surface area (Å²) in [6.07, 6.45) is 1.80. The third kappa shape index (κ3) is 46.8. The molecule has 0 aliphatic rings. The number of rotatable bonds is 9.